The number of para-hydroxylation sites is 1. The maximum Gasteiger partial charge on any atom is 0.331 e. The fraction of sp³-hybridized carbons (Fsp3) is 0.400. The fourth-order valence-electron chi connectivity index (χ4n) is 5.34. The molecule has 1 aromatic carbocycles. The maximum absolute atomic E-state index is 13.8. The molecule has 1 amide bonds. The number of amides is 1. The summed E-state index contributed by atoms with van der Waals surface area (Å²) in [6.07, 6.45) is 1.73. The number of aromatic nitrogens is 5. The average molecular weight is 491 g/mol. The summed E-state index contributed by atoms with van der Waals surface area (Å²) in [4.78, 5) is 51.1. The third kappa shape index (κ3) is 3.67. The van der Waals surface area contributed by atoms with Gasteiger partial charge in [0, 0.05) is 43.8 Å². The van der Waals surface area contributed by atoms with Crippen LogP contribution in [-0.2, 0) is 20.1 Å². The lowest BCUT2D eigenvalue weighted by molar-refractivity contribution is 0.100. The Balaban J connectivity index is 1.76. The Morgan fingerprint density at radius 1 is 1.14 bits per heavy atom. The van der Waals surface area contributed by atoms with Crippen molar-refractivity contribution in [1.29, 1.82) is 0 Å². The number of fused-ring (bicyclic) bond motifs is 2. The zero-order chi connectivity index (χ0) is 25.7. The van der Waals surface area contributed by atoms with Crippen LogP contribution in [0.1, 0.15) is 41.6 Å². The summed E-state index contributed by atoms with van der Waals surface area (Å²) in [7, 11) is 1.55. The third-order valence-electron chi connectivity index (χ3n) is 6.97. The van der Waals surface area contributed by atoms with Crippen molar-refractivity contribution < 1.29 is 4.79 Å². The largest absolute Gasteiger partial charge is 0.365 e. The second kappa shape index (κ2) is 8.90. The fourth-order valence-corrected chi connectivity index (χ4v) is 5.34. The van der Waals surface area contributed by atoms with Crippen LogP contribution >= 0.6 is 0 Å². The zero-order valence-electron chi connectivity index (χ0n) is 20.7. The predicted octanol–water partition coefficient (Wildman–Crippen LogP) is 0.848. The van der Waals surface area contributed by atoms with E-state index < -0.39 is 17.2 Å². The van der Waals surface area contributed by atoms with Crippen LogP contribution < -0.4 is 27.6 Å². The van der Waals surface area contributed by atoms with E-state index >= 15 is 0 Å². The molecule has 0 unspecified atom stereocenters. The number of benzene rings is 1. The summed E-state index contributed by atoms with van der Waals surface area (Å²) in [5.74, 6) is 0.205. The molecule has 3 aromatic heterocycles. The molecule has 1 atom stereocenters. The summed E-state index contributed by atoms with van der Waals surface area (Å²) >= 11 is 0. The Morgan fingerprint density at radius 3 is 2.58 bits per heavy atom. The summed E-state index contributed by atoms with van der Waals surface area (Å²) in [6.45, 7) is 5.28. The van der Waals surface area contributed by atoms with Crippen LogP contribution in [0.3, 0.4) is 0 Å². The van der Waals surface area contributed by atoms with Crippen molar-refractivity contribution in [3.05, 3.63) is 62.2 Å². The first-order chi connectivity index (χ1) is 17.2. The second-order valence-corrected chi connectivity index (χ2v) is 9.33. The van der Waals surface area contributed by atoms with Gasteiger partial charge in [-0.1, -0.05) is 18.2 Å². The second-order valence-electron chi connectivity index (χ2n) is 9.33. The van der Waals surface area contributed by atoms with Gasteiger partial charge in [-0.2, -0.15) is 0 Å². The van der Waals surface area contributed by atoms with E-state index in [-0.39, 0.29) is 29.2 Å². The molecule has 1 saturated heterocycles. The molecular weight excluding hydrogens is 460 g/mol. The van der Waals surface area contributed by atoms with Crippen molar-refractivity contribution in [1.82, 2.24) is 23.7 Å². The van der Waals surface area contributed by atoms with Crippen LogP contribution in [0.4, 0.5) is 5.82 Å². The molecule has 1 aliphatic rings. The summed E-state index contributed by atoms with van der Waals surface area (Å²) < 4.78 is 4.22. The highest BCUT2D eigenvalue weighted by atomic mass is 16.2. The highest BCUT2D eigenvalue weighted by Gasteiger charge is 2.31. The number of carbonyl (C=O) groups is 1. The van der Waals surface area contributed by atoms with Crippen molar-refractivity contribution in [3.63, 3.8) is 0 Å². The maximum atomic E-state index is 13.8. The minimum Gasteiger partial charge on any atom is -0.365 e. The van der Waals surface area contributed by atoms with Crippen LogP contribution in [0.15, 0.2) is 33.9 Å². The average Bonchev–Trinajstić information content (AvgIpc) is 3.21. The molecule has 4 aromatic rings. The molecule has 11 heteroatoms. The number of aryl methyl sites for hydroxylation is 3. The first-order valence-corrected chi connectivity index (χ1v) is 12.1. The third-order valence-corrected chi connectivity index (χ3v) is 6.97. The number of carbonyl (C=O) groups excluding carboxylic acids is 1. The Morgan fingerprint density at radius 2 is 1.89 bits per heavy atom. The minimum atomic E-state index is -0.693. The van der Waals surface area contributed by atoms with Gasteiger partial charge in [0.1, 0.15) is 22.7 Å². The van der Waals surface area contributed by atoms with E-state index in [0.717, 1.165) is 34.0 Å². The Bertz CT molecular complexity index is 1630. The number of piperidine rings is 1. The SMILES string of the molecule is CCn1c(N2CCC[C@@H](N)C2)c(C(N)=O)c2c1c(=O)n(Cc1nc(C)c3ccccc3n1)c(=O)n2C. The van der Waals surface area contributed by atoms with Crippen LogP contribution in [0.25, 0.3) is 21.9 Å². The summed E-state index contributed by atoms with van der Waals surface area (Å²) in [5.41, 5.74) is 13.1. The molecule has 5 rings (SSSR count). The molecule has 4 N–H and O–H groups in total. The molecule has 0 aliphatic carbocycles. The van der Waals surface area contributed by atoms with E-state index in [4.69, 9.17) is 11.5 Å². The first-order valence-electron chi connectivity index (χ1n) is 12.1. The number of hydrogen-bond donors (Lipinski definition) is 2. The molecule has 0 bridgehead atoms. The molecule has 4 heterocycles. The van der Waals surface area contributed by atoms with Gasteiger partial charge < -0.3 is 20.9 Å². The van der Waals surface area contributed by atoms with Crippen molar-refractivity contribution in [3.8, 4) is 0 Å². The summed E-state index contributed by atoms with van der Waals surface area (Å²) in [5, 5.41) is 0.910. The molecule has 1 fully saturated rings. The lowest BCUT2D eigenvalue weighted by Crippen LogP contribution is -2.44. The smallest absolute Gasteiger partial charge is 0.331 e. The van der Waals surface area contributed by atoms with Gasteiger partial charge in [0.2, 0.25) is 0 Å². The van der Waals surface area contributed by atoms with E-state index in [1.807, 2.05) is 43.0 Å². The van der Waals surface area contributed by atoms with E-state index in [9.17, 15) is 14.4 Å². The van der Waals surface area contributed by atoms with Crippen molar-refractivity contribution in [2.24, 2.45) is 18.5 Å². The Kier molecular flexibility index (Phi) is 5.87. The van der Waals surface area contributed by atoms with Crippen LogP contribution in [0.2, 0.25) is 0 Å². The van der Waals surface area contributed by atoms with Crippen LogP contribution in [0, 0.1) is 6.92 Å². The molecule has 188 valence electrons. The lowest BCUT2D eigenvalue weighted by atomic mass is 10.1. The Hall–Kier alpha value is -3.99. The molecule has 36 heavy (non-hydrogen) atoms. The molecule has 11 nitrogen and oxygen atoms in total. The van der Waals surface area contributed by atoms with Crippen LogP contribution in [-0.4, -0.2) is 48.7 Å². The number of rotatable bonds is 5. The van der Waals surface area contributed by atoms with Crippen molar-refractivity contribution in [2.75, 3.05) is 18.0 Å². The van der Waals surface area contributed by atoms with Gasteiger partial charge in [-0.25, -0.2) is 14.8 Å². The molecule has 0 radical (unpaired) electrons. The lowest BCUT2D eigenvalue weighted by Gasteiger charge is -2.33. The molecular formula is C25H30N8O3. The van der Waals surface area contributed by atoms with Gasteiger partial charge in [-0.15, -0.1) is 0 Å². The van der Waals surface area contributed by atoms with E-state index in [0.29, 0.717) is 31.3 Å². The predicted molar refractivity (Wildman–Crippen MR) is 138 cm³/mol. The number of nitrogens with zero attached hydrogens (tertiary/aromatic N) is 6. The Labute approximate surface area is 207 Å². The van der Waals surface area contributed by atoms with Gasteiger partial charge in [-0.3, -0.25) is 18.7 Å². The molecule has 0 saturated carbocycles. The van der Waals surface area contributed by atoms with E-state index in [1.54, 1.807) is 11.6 Å². The number of anilines is 1. The van der Waals surface area contributed by atoms with Gasteiger partial charge in [0.05, 0.1) is 17.6 Å². The van der Waals surface area contributed by atoms with Gasteiger partial charge in [-0.05, 0) is 32.8 Å². The standard InChI is InChI=1S/C25H30N8O3/c1-4-32-21-20(19(22(27)34)23(32)31-11-7-8-15(26)12-31)30(3)25(36)33(24(21)35)13-18-28-14(2)16-9-5-6-10-17(16)29-18/h5-6,9-10,15H,4,7-8,11-13,26H2,1-3H3,(H2,27,34)/t15-/m1/s1. The van der Waals surface area contributed by atoms with E-state index in [2.05, 4.69) is 9.97 Å². The summed E-state index contributed by atoms with van der Waals surface area (Å²) in [6, 6.07) is 7.53. The first kappa shape index (κ1) is 23.7. The van der Waals surface area contributed by atoms with Crippen LogP contribution in [0.5, 0.6) is 0 Å². The zero-order valence-corrected chi connectivity index (χ0v) is 20.7. The minimum absolute atomic E-state index is 0.0587. The highest BCUT2D eigenvalue weighted by molar-refractivity contribution is 6.10. The van der Waals surface area contributed by atoms with Gasteiger partial charge in [0.25, 0.3) is 11.5 Å². The van der Waals surface area contributed by atoms with Gasteiger partial charge in [0.15, 0.2) is 0 Å². The molecule has 1 aliphatic heterocycles. The van der Waals surface area contributed by atoms with Crippen molar-refractivity contribution in [2.45, 2.75) is 45.8 Å². The number of hydrogen-bond acceptors (Lipinski definition) is 7. The molecule has 0 spiro atoms. The number of primary amides is 1. The topological polar surface area (TPSA) is 147 Å². The van der Waals surface area contributed by atoms with Crippen molar-refractivity contribution >= 4 is 33.7 Å². The highest BCUT2D eigenvalue weighted by Crippen LogP contribution is 2.32. The quantitative estimate of drug-likeness (QED) is 0.421. The van der Waals surface area contributed by atoms with E-state index in [1.165, 1.54) is 4.57 Å². The monoisotopic (exact) mass is 490 g/mol. The normalized spacial score (nSPS) is 16.2. The van der Waals surface area contributed by atoms with Gasteiger partial charge >= 0.3 is 5.69 Å². The number of nitrogens with two attached hydrogens (primary N) is 2.